The number of thiophene rings is 1. The largest absolute Gasteiger partial charge is 0.228 e. The molecular formula is C32H18N2S. The molecule has 0 spiro atoms. The Morgan fingerprint density at radius 3 is 2.00 bits per heavy atom. The van der Waals surface area contributed by atoms with Crippen molar-refractivity contribution in [2.45, 2.75) is 0 Å². The van der Waals surface area contributed by atoms with Crippen LogP contribution in [0, 0.1) is 0 Å². The van der Waals surface area contributed by atoms with Crippen molar-refractivity contribution in [3.05, 3.63) is 109 Å². The molecule has 3 aromatic heterocycles. The summed E-state index contributed by atoms with van der Waals surface area (Å²) in [5.41, 5.74) is 2.71. The van der Waals surface area contributed by atoms with Gasteiger partial charge in [-0.25, -0.2) is 9.97 Å². The van der Waals surface area contributed by atoms with Gasteiger partial charge in [-0.05, 0) is 57.9 Å². The summed E-state index contributed by atoms with van der Waals surface area (Å²) in [4.78, 5) is 10.3. The van der Waals surface area contributed by atoms with Gasteiger partial charge in [-0.2, -0.15) is 0 Å². The zero-order valence-electron chi connectivity index (χ0n) is 18.7. The van der Waals surface area contributed by atoms with Crippen molar-refractivity contribution in [1.29, 1.82) is 0 Å². The first kappa shape index (κ1) is 19.0. The Kier molecular flexibility index (Phi) is 3.85. The number of para-hydroxylation sites is 1. The molecule has 162 valence electrons. The Bertz CT molecular complexity index is 2170. The lowest BCUT2D eigenvalue weighted by Gasteiger charge is -2.05. The maximum absolute atomic E-state index is 5.22. The van der Waals surface area contributed by atoms with E-state index in [4.69, 9.17) is 9.97 Å². The highest BCUT2D eigenvalue weighted by atomic mass is 32.1. The van der Waals surface area contributed by atoms with Gasteiger partial charge < -0.3 is 0 Å². The van der Waals surface area contributed by atoms with Crippen LogP contribution >= 0.6 is 11.3 Å². The van der Waals surface area contributed by atoms with Gasteiger partial charge in [-0.15, -0.1) is 11.3 Å². The van der Waals surface area contributed by atoms with Crippen molar-refractivity contribution < 1.29 is 0 Å². The van der Waals surface area contributed by atoms with Crippen molar-refractivity contribution in [2.24, 2.45) is 0 Å². The lowest BCUT2D eigenvalue weighted by atomic mass is 10.0. The third kappa shape index (κ3) is 2.82. The van der Waals surface area contributed by atoms with Gasteiger partial charge >= 0.3 is 0 Å². The lowest BCUT2D eigenvalue weighted by Crippen LogP contribution is -1.88. The molecule has 0 saturated carbocycles. The topological polar surface area (TPSA) is 25.8 Å². The molecule has 3 heterocycles. The molecule has 35 heavy (non-hydrogen) atoms. The molecule has 0 amide bonds. The van der Waals surface area contributed by atoms with Gasteiger partial charge in [-0.1, -0.05) is 72.8 Å². The standard InChI is InChI=1S/C32H18N2S/c1-2-12-27-24(10-1)31-23-9-4-8-21(17-23)19-6-3-7-20(16-19)22-14-15-28-26(18-22)30-25(32(33-27)34-31)11-5-13-29(30)35-28/h1-18H. The van der Waals surface area contributed by atoms with Gasteiger partial charge in [0.15, 0.2) is 5.65 Å². The molecule has 0 aliphatic rings. The molecule has 3 heteroatoms. The molecule has 0 radical (unpaired) electrons. The Labute approximate surface area is 204 Å². The summed E-state index contributed by atoms with van der Waals surface area (Å²) in [7, 11) is 0. The van der Waals surface area contributed by atoms with Crippen molar-refractivity contribution in [3.63, 3.8) is 0 Å². The molecule has 2 nitrogen and oxygen atoms in total. The summed E-state index contributed by atoms with van der Waals surface area (Å²) in [5, 5.41) is 10.6. The van der Waals surface area contributed by atoms with Crippen LogP contribution in [-0.2, 0) is 0 Å². The molecule has 0 aliphatic heterocycles. The van der Waals surface area contributed by atoms with Crippen LogP contribution in [0.2, 0.25) is 0 Å². The molecule has 8 rings (SSSR count). The first-order valence-electron chi connectivity index (χ1n) is 11.8. The lowest BCUT2D eigenvalue weighted by molar-refractivity contribution is 1.38. The maximum atomic E-state index is 5.22. The number of hydrogen-bond acceptors (Lipinski definition) is 3. The fraction of sp³-hybridized carbons (Fsp3) is 0. The zero-order valence-corrected chi connectivity index (χ0v) is 19.5. The van der Waals surface area contributed by atoms with E-state index in [-0.39, 0.29) is 0 Å². The fourth-order valence-electron chi connectivity index (χ4n) is 5.33. The van der Waals surface area contributed by atoms with Crippen molar-refractivity contribution in [1.82, 2.24) is 9.97 Å². The van der Waals surface area contributed by atoms with E-state index in [1.807, 2.05) is 11.3 Å². The van der Waals surface area contributed by atoms with E-state index in [1.54, 1.807) is 0 Å². The number of aromatic nitrogens is 2. The molecule has 8 aromatic rings. The minimum absolute atomic E-state index is 0.774. The predicted molar refractivity (Wildman–Crippen MR) is 151 cm³/mol. The van der Waals surface area contributed by atoms with Gasteiger partial charge in [0.1, 0.15) is 0 Å². The van der Waals surface area contributed by atoms with E-state index in [0.717, 1.165) is 32.8 Å². The fourth-order valence-corrected chi connectivity index (χ4v) is 6.45. The summed E-state index contributed by atoms with van der Waals surface area (Å²) in [5.74, 6) is 0. The van der Waals surface area contributed by atoms with E-state index in [1.165, 1.54) is 41.7 Å². The number of fused-ring (bicyclic) bond motifs is 13. The highest BCUT2D eigenvalue weighted by Gasteiger charge is 2.11. The minimum atomic E-state index is 0.774. The van der Waals surface area contributed by atoms with Gasteiger partial charge in [0.2, 0.25) is 0 Å². The molecule has 5 aromatic carbocycles. The van der Waals surface area contributed by atoms with E-state index in [2.05, 4.69) is 109 Å². The summed E-state index contributed by atoms with van der Waals surface area (Å²) in [6.07, 6.45) is 0. The van der Waals surface area contributed by atoms with Gasteiger partial charge in [0, 0.05) is 36.3 Å². The van der Waals surface area contributed by atoms with Crippen molar-refractivity contribution in [2.75, 3.05) is 0 Å². The first-order chi connectivity index (χ1) is 17.3. The van der Waals surface area contributed by atoms with Crippen LogP contribution in [0.5, 0.6) is 0 Å². The minimum Gasteiger partial charge on any atom is -0.228 e. The summed E-state index contributed by atoms with van der Waals surface area (Å²) in [6, 6.07) is 39.2. The Morgan fingerprint density at radius 2 is 1.14 bits per heavy atom. The molecule has 0 atom stereocenters. The molecule has 0 saturated heterocycles. The van der Waals surface area contributed by atoms with Crippen LogP contribution < -0.4 is 0 Å². The second-order valence-electron chi connectivity index (χ2n) is 9.07. The normalized spacial score (nSPS) is 12.0. The Balaban J connectivity index is 1.76. The molecule has 0 N–H and O–H groups in total. The van der Waals surface area contributed by atoms with Crippen LogP contribution in [0.4, 0.5) is 0 Å². The average molecular weight is 463 g/mol. The van der Waals surface area contributed by atoms with Crippen LogP contribution in [0.3, 0.4) is 0 Å². The third-order valence-electron chi connectivity index (χ3n) is 7.00. The number of rotatable bonds is 0. The van der Waals surface area contributed by atoms with Crippen LogP contribution in [0.15, 0.2) is 109 Å². The molecular weight excluding hydrogens is 444 g/mol. The van der Waals surface area contributed by atoms with Gasteiger partial charge in [0.05, 0.1) is 11.0 Å². The van der Waals surface area contributed by atoms with Crippen LogP contribution in [0.25, 0.3) is 74.6 Å². The quantitative estimate of drug-likeness (QED) is 0.224. The van der Waals surface area contributed by atoms with E-state index >= 15 is 0 Å². The van der Waals surface area contributed by atoms with Gasteiger partial charge in [-0.3, -0.25) is 0 Å². The molecule has 0 aliphatic carbocycles. The summed E-state index contributed by atoms with van der Waals surface area (Å²) < 4.78 is 2.54. The summed E-state index contributed by atoms with van der Waals surface area (Å²) >= 11 is 1.83. The number of benzene rings is 5. The zero-order chi connectivity index (χ0) is 22.9. The monoisotopic (exact) mass is 462 g/mol. The van der Waals surface area contributed by atoms with Crippen LogP contribution in [-0.4, -0.2) is 9.97 Å². The van der Waals surface area contributed by atoms with Crippen molar-refractivity contribution >= 4 is 85.9 Å². The van der Waals surface area contributed by atoms with Gasteiger partial charge in [0.25, 0.3) is 0 Å². The maximum Gasteiger partial charge on any atom is 0.161 e. The highest BCUT2D eigenvalue weighted by molar-refractivity contribution is 7.26. The highest BCUT2D eigenvalue weighted by Crippen LogP contribution is 2.39. The molecule has 0 unspecified atom stereocenters. The van der Waals surface area contributed by atoms with E-state index in [0.29, 0.717) is 0 Å². The average Bonchev–Trinajstić information content (AvgIpc) is 3.30. The van der Waals surface area contributed by atoms with E-state index in [9.17, 15) is 0 Å². The van der Waals surface area contributed by atoms with Crippen molar-refractivity contribution in [3.8, 4) is 0 Å². The third-order valence-corrected chi connectivity index (χ3v) is 8.14. The Hall–Kier alpha value is -4.34. The van der Waals surface area contributed by atoms with E-state index < -0.39 is 0 Å². The molecule has 0 fully saturated rings. The second-order valence-corrected chi connectivity index (χ2v) is 10.2. The summed E-state index contributed by atoms with van der Waals surface area (Å²) in [6.45, 7) is 0. The second kappa shape index (κ2) is 7.08. The first-order valence-corrected chi connectivity index (χ1v) is 12.6. The molecule has 8 bridgehead atoms. The predicted octanol–water partition coefficient (Wildman–Crippen LogP) is 9.17. The van der Waals surface area contributed by atoms with Crippen LogP contribution in [0.1, 0.15) is 0 Å². The smallest absolute Gasteiger partial charge is 0.161 e. The Morgan fingerprint density at radius 1 is 0.457 bits per heavy atom. The number of nitrogens with zero attached hydrogens (tertiary/aromatic N) is 2. The SMILES string of the molecule is c1cc2cc(c1)c1ccc3sc4cccc(c5nc6ccccc6c(n5)c5cccc2c5)c4c3c1. The number of hydrogen-bond donors (Lipinski definition) is 0.